The van der Waals surface area contributed by atoms with Crippen LogP contribution in [0.2, 0.25) is 5.02 Å². The molecule has 3 nitrogen and oxygen atoms in total. The van der Waals surface area contributed by atoms with Crippen molar-refractivity contribution in [2.75, 3.05) is 5.73 Å². The summed E-state index contributed by atoms with van der Waals surface area (Å²) in [5.74, 6) is -0.568. The molecule has 2 rings (SSSR count). The van der Waals surface area contributed by atoms with Gasteiger partial charge in [0, 0.05) is 5.56 Å². The third-order valence-corrected chi connectivity index (χ3v) is 3.31. The number of amides is 1. The fourth-order valence-electron chi connectivity index (χ4n) is 1.78. The second-order valence-corrected chi connectivity index (χ2v) is 4.89. The standard InChI is InChI=1S/C15H14ClFN2O/c1-9(10-2-5-12(17)6-3-10)19-15(20)11-4-7-14(18)13(16)8-11/h2-9H,18H2,1H3,(H,19,20)/t9-/m1/s1. The van der Waals surface area contributed by atoms with Crippen molar-refractivity contribution in [3.05, 3.63) is 64.4 Å². The minimum absolute atomic E-state index is 0.237. The molecule has 0 saturated carbocycles. The molecule has 0 bridgehead atoms. The van der Waals surface area contributed by atoms with Gasteiger partial charge < -0.3 is 11.1 Å². The van der Waals surface area contributed by atoms with E-state index in [9.17, 15) is 9.18 Å². The lowest BCUT2D eigenvalue weighted by molar-refractivity contribution is 0.0940. The van der Waals surface area contributed by atoms with E-state index < -0.39 is 0 Å². The molecule has 0 aliphatic carbocycles. The van der Waals surface area contributed by atoms with Crippen molar-refractivity contribution in [2.24, 2.45) is 0 Å². The molecule has 104 valence electrons. The molecule has 0 aromatic heterocycles. The second-order valence-electron chi connectivity index (χ2n) is 4.48. The molecule has 0 radical (unpaired) electrons. The Morgan fingerprint density at radius 2 is 1.90 bits per heavy atom. The smallest absolute Gasteiger partial charge is 0.251 e. The van der Waals surface area contributed by atoms with E-state index in [1.807, 2.05) is 6.92 Å². The Balaban J connectivity index is 2.10. The molecule has 20 heavy (non-hydrogen) atoms. The zero-order valence-electron chi connectivity index (χ0n) is 10.9. The molecule has 5 heteroatoms. The number of carbonyl (C=O) groups excluding carboxylic acids is 1. The van der Waals surface area contributed by atoms with Gasteiger partial charge >= 0.3 is 0 Å². The van der Waals surface area contributed by atoms with E-state index in [1.165, 1.54) is 18.2 Å². The van der Waals surface area contributed by atoms with E-state index in [-0.39, 0.29) is 17.8 Å². The van der Waals surface area contributed by atoms with Crippen LogP contribution in [0.25, 0.3) is 0 Å². The average molecular weight is 293 g/mol. The highest BCUT2D eigenvalue weighted by atomic mass is 35.5. The van der Waals surface area contributed by atoms with Crippen molar-refractivity contribution in [3.8, 4) is 0 Å². The molecule has 3 N–H and O–H groups in total. The van der Waals surface area contributed by atoms with Crippen LogP contribution in [0.15, 0.2) is 42.5 Å². The number of nitrogens with one attached hydrogen (secondary N) is 1. The molecule has 0 spiro atoms. The van der Waals surface area contributed by atoms with Gasteiger partial charge in [0.2, 0.25) is 0 Å². The van der Waals surface area contributed by atoms with Crippen LogP contribution in [-0.2, 0) is 0 Å². The molecule has 1 atom stereocenters. The molecule has 0 unspecified atom stereocenters. The number of hydrogen-bond donors (Lipinski definition) is 2. The van der Waals surface area contributed by atoms with Crippen molar-refractivity contribution < 1.29 is 9.18 Å². The maximum Gasteiger partial charge on any atom is 0.251 e. The molecule has 1 amide bonds. The molecule has 2 aromatic rings. The Hall–Kier alpha value is -2.07. The molecule has 0 aliphatic heterocycles. The first-order valence-electron chi connectivity index (χ1n) is 6.08. The first kappa shape index (κ1) is 14.3. The number of halogens is 2. The van der Waals surface area contributed by atoms with Gasteiger partial charge in [0.15, 0.2) is 0 Å². The van der Waals surface area contributed by atoms with Gasteiger partial charge in [-0.2, -0.15) is 0 Å². The monoisotopic (exact) mass is 292 g/mol. The van der Waals surface area contributed by atoms with Gasteiger partial charge in [-0.05, 0) is 42.8 Å². The van der Waals surface area contributed by atoms with Crippen molar-refractivity contribution >= 4 is 23.2 Å². The van der Waals surface area contributed by atoms with Crippen molar-refractivity contribution in [3.63, 3.8) is 0 Å². The number of rotatable bonds is 3. The summed E-state index contributed by atoms with van der Waals surface area (Å²) in [6, 6.07) is 10.5. The molecule has 0 heterocycles. The van der Waals surface area contributed by atoms with Crippen molar-refractivity contribution in [1.82, 2.24) is 5.32 Å². The highest BCUT2D eigenvalue weighted by molar-refractivity contribution is 6.33. The number of hydrogen-bond acceptors (Lipinski definition) is 2. The van der Waals surface area contributed by atoms with E-state index in [4.69, 9.17) is 17.3 Å². The van der Waals surface area contributed by atoms with Gasteiger partial charge in [-0.25, -0.2) is 4.39 Å². The highest BCUT2D eigenvalue weighted by Gasteiger charge is 2.12. The van der Waals surface area contributed by atoms with Gasteiger partial charge in [0.1, 0.15) is 5.82 Å². The Bertz CT molecular complexity index is 628. The van der Waals surface area contributed by atoms with Crippen LogP contribution in [-0.4, -0.2) is 5.91 Å². The quantitative estimate of drug-likeness (QED) is 0.850. The van der Waals surface area contributed by atoms with Crippen molar-refractivity contribution in [1.29, 1.82) is 0 Å². The fraction of sp³-hybridized carbons (Fsp3) is 0.133. The van der Waals surface area contributed by atoms with Gasteiger partial charge in [-0.1, -0.05) is 23.7 Å². The minimum atomic E-state index is -0.308. The summed E-state index contributed by atoms with van der Waals surface area (Å²) < 4.78 is 12.8. The summed E-state index contributed by atoms with van der Waals surface area (Å²) in [5, 5.41) is 3.16. The second kappa shape index (κ2) is 5.92. The number of nitrogen functional groups attached to an aromatic ring is 1. The summed E-state index contributed by atoms with van der Waals surface area (Å²) in [6.07, 6.45) is 0. The maximum atomic E-state index is 12.8. The van der Waals surface area contributed by atoms with Gasteiger partial charge in [-0.3, -0.25) is 4.79 Å². The molecule has 0 aliphatic rings. The molecular formula is C15H14ClFN2O. The molecule has 2 aromatic carbocycles. The maximum absolute atomic E-state index is 12.8. The Kier molecular flexibility index (Phi) is 4.25. The predicted octanol–water partition coefficient (Wildman–Crippen LogP) is 3.55. The van der Waals surface area contributed by atoms with Crippen LogP contribution in [0, 0.1) is 5.82 Å². The molecular weight excluding hydrogens is 279 g/mol. The van der Waals surface area contributed by atoms with Gasteiger partial charge in [-0.15, -0.1) is 0 Å². The van der Waals surface area contributed by atoms with Crippen LogP contribution in [0.1, 0.15) is 28.9 Å². The lowest BCUT2D eigenvalue weighted by Gasteiger charge is -2.14. The van der Waals surface area contributed by atoms with Gasteiger partial charge in [0.25, 0.3) is 5.91 Å². The number of benzene rings is 2. The Morgan fingerprint density at radius 1 is 1.25 bits per heavy atom. The number of nitrogens with two attached hydrogens (primary N) is 1. The fourth-order valence-corrected chi connectivity index (χ4v) is 1.96. The van der Waals surface area contributed by atoms with E-state index in [0.717, 1.165) is 5.56 Å². The van der Waals surface area contributed by atoms with E-state index in [2.05, 4.69) is 5.32 Å². The van der Waals surface area contributed by atoms with Gasteiger partial charge in [0.05, 0.1) is 16.8 Å². The first-order valence-corrected chi connectivity index (χ1v) is 6.46. The Labute approximate surface area is 121 Å². The summed E-state index contributed by atoms with van der Waals surface area (Å²) in [7, 11) is 0. The third kappa shape index (κ3) is 3.27. The third-order valence-electron chi connectivity index (χ3n) is 2.98. The predicted molar refractivity (Wildman–Crippen MR) is 78.1 cm³/mol. The SMILES string of the molecule is C[C@@H](NC(=O)c1ccc(N)c(Cl)c1)c1ccc(F)cc1. The lowest BCUT2D eigenvalue weighted by Crippen LogP contribution is -2.26. The van der Waals surface area contributed by atoms with Crippen LogP contribution in [0.3, 0.4) is 0 Å². The number of anilines is 1. The first-order chi connectivity index (χ1) is 9.47. The Morgan fingerprint density at radius 3 is 2.50 bits per heavy atom. The van der Waals surface area contributed by atoms with E-state index in [1.54, 1.807) is 24.3 Å². The van der Waals surface area contributed by atoms with E-state index >= 15 is 0 Å². The summed E-state index contributed by atoms with van der Waals surface area (Å²) >= 11 is 5.88. The van der Waals surface area contributed by atoms with E-state index in [0.29, 0.717) is 16.3 Å². The highest BCUT2D eigenvalue weighted by Crippen LogP contribution is 2.20. The topological polar surface area (TPSA) is 55.1 Å². The molecule has 0 saturated heterocycles. The molecule has 0 fully saturated rings. The average Bonchev–Trinajstić information content (AvgIpc) is 2.42. The number of carbonyl (C=O) groups is 1. The zero-order valence-corrected chi connectivity index (χ0v) is 11.6. The van der Waals surface area contributed by atoms with Crippen LogP contribution in [0.4, 0.5) is 10.1 Å². The van der Waals surface area contributed by atoms with Crippen LogP contribution in [0.5, 0.6) is 0 Å². The lowest BCUT2D eigenvalue weighted by atomic mass is 10.1. The largest absolute Gasteiger partial charge is 0.398 e. The van der Waals surface area contributed by atoms with Crippen LogP contribution >= 0.6 is 11.6 Å². The minimum Gasteiger partial charge on any atom is -0.398 e. The summed E-state index contributed by atoms with van der Waals surface area (Å²) in [4.78, 5) is 12.1. The summed E-state index contributed by atoms with van der Waals surface area (Å²) in [5.41, 5.74) is 7.27. The van der Waals surface area contributed by atoms with Crippen molar-refractivity contribution in [2.45, 2.75) is 13.0 Å². The van der Waals surface area contributed by atoms with Crippen LogP contribution < -0.4 is 11.1 Å². The zero-order chi connectivity index (χ0) is 14.7. The summed E-state index contributed by atoms with van der Waals surface area (Å²) in [6.45, 7) is 1.82. The normalized spacial score (nSPS) is 11.9.